The van der Waals surface area contributed by atoms with Gasteiger partial charge in [0.2, 0.25) is 5.91 Å². The van der Waals surface area contributed by atoms with Crippen LogP contribution in [-0.4, -0.2) is 19.1 Å². The molecule has 0 saturated carbocycles. The molecule has 1 atom stereocenters. The first-order valence-corrected chi connectivity index (χ1v) is 2.84. The molecular formula is C5H9NO3. The molecule has 1 unspecified atom stereocenters. The standard InChI is InChI=1S/C5H9NO3/c6-5(7)4-1-2-8-9-3-4/h4H,1-3H2,(H2,6,7). The molecule has 0 aromatic rings. The molecule has 1 aliphatic rings. The molecule has 52 valence electrons. The zero-order valence-electron chi connectivity index (χ0n) is 5.00. The third kappa shape index (κ3) is 1.65. The molecular weight excluding hydrogens is 122 g/mol. The normalized spacial score (nSPS) is 27.8. The van der Waals surface area contributed by atoms with E-state index in [4.69, 9.17) is 5.73 Å². The number of hydrogen-bond acceptors (Lipinski definition) is 3. The molecule has 4 nitrogen and oxygen atoms in total. The summed E-state index contributed by atoms with van der Waals surface area (Å²) in [6.45, 7) is 0.767. The number of primary amides is 1. The van der Waals surface area contributed by atoms with Gasteiger partial charge in [-0.25, -0.2) is 9.78 Å². The van der Waals surface area contributed by atoms with Gasteiger partial charge >= 0.3 is 0 Å². The fourth-order valence-electron chi connectivity index (χ4n) is 0.687. The zero-order valence-corrected chi connectivity index (χ0v) is 5.00. The van der Waals surface area contributed by atoms with Crippen molar-refractivity contribution < 1.29 is 14.6 Å². The van der Waals surface area contributed by atoms with Gasteiger partial charge in [0.1, 0.15) is 0 Å². The maximum absolute atomic E-state index is 10.4. The highest BCUT2D eigenvalue weighted by molar-refractivity contribution is 5.76. The fourth-order valence-corrected chi connectivity index (χ4v) is 0.687. The van der Waals surface area contributed by atoms with Crippen LogP contribution in [0.15, 0.2) is 0 Å². The summed E-state index contributed by atoms with van der Waals surface area (Å²) in [5.41, 5.74) is 4.99. The third-order valence-corrected chi connectivity index (χ3v) is 1.30. The Bertz CT molecular complexity index is 109. The van der Waals surface area contributed by atoms with E-state index in [1.54, 1.807) is 0 Å². The second kappa shape index (κ2) is 2.80. The van der Waals surface area contributed by atoms with E-state index in [0.29, 0.717) is 19.6 Å². The van der Waals surface area contributed by atoms with Crippen LogP contribution in [-0.2, 0) is 14.6 Å². The van der Waals surface area contributed by atoms with Crippen LogP contribution in [0.1, 0.15) is 6.42 Å². The van der Waals surface area contributed by atoms with Crippen molar-refractivity contribution in [1.29, 1.82) is 0 Å². The van der Waals surface area contributed by atoms with Crippen molar-refractivity contribution in [3.05, 3.63) is 0 Å². The van der Waals surface area contributed by atoms with E-state index in [1.807, 2.05) is 0 Å². The molecule has 1 rings (SSSR count). The summed E-state index contributed by atoms with van der Waals surface area (Å²) in [4.78, 5) is 19.5. The van der Waals surface area contributed by atoms with Crippen LogP contribution >= 0.6 is 0 Å². The van der Waals surface area contributed by atoms with E-state index in [9.17, 15) is 4.79 Å². The molecule has 0 spiro atoms. The van der Waals surface area contributed by atoms with Crippen molar-refractivity contribution >= 4 is 5.91 Å². The summed E-state index contributed by atoms with van der Waals surface area (Å²) < 4.78 is 0. The molecule has 1 heterocycles. The smallest absolute Gasteiger partial charge is 0.223 e. The Morgan fingerprint density at radius 3 is 2.67 bits per heavy atom. The number of hydrogen-bond donors (Lipinski definition) is 1. The molecule has 9 heavy (non-hydrogen) atoms. The molecule has 0 aromatic carbocycles. The second-order valence-corrected chi connectivity index (χ2v) is 1.99. The summed E-state index contributed by atoms with van der Waals surface area (Å²) in [7, 11) is 0. The number of carbonyl (C=O) groups excluding carboxylic acids is 1. The van der Waals surface area contributed by atoms with Gasteiger partial charge in [-0.2, -0.15) is 0 Å². The minimum Gasteiger partial charge on any atom is -0.369 e. The maximum atomic E-state index is 10.4. The molecule has 0 aliphatic carbocycles. The van der Waals surface area contributed by atoms with Gasteiger partial charge in [-0.1, -0.05) is 0 Å². The third-order valence-electron chi connectivity index (χ3n) is 1.30. The highest BCUT2D eigenvalue weighted by atomic mass is 17.2. The quantitative estimate of drug-likeness (QED) is 0.485. The average Bonchev–Trinajstić information content (AvgIpc) is 1.90. The summed E-state index contributed by atoms with van der Waals surface area (Å²) >= 11 is 0. The summed E-state index contributed by atoms with van der Waals surface area (Å²) in [6.07, 6.45) is 0.676. The van der Waals surface area contributed by atoms with E-state index in [1.165, 1.54) is 0 Å². The largest absolute Gasteiger partial charge is 0.369 e. The highest BCUT2D eigenvalue weighted by Crippen LogP contribution is 2.08. The van der Waals surface area contributed by atoms with Crippen molar-refractivity contribution in [1.82, 2.24) is 0 Å². The second-order valence-electron chi connectivity index (χ2n) is 1.99. The minimum atomic E-state index is -0.307. The highest BCUT2D eigenvalue weighted by Gasteiger charge is 2.19. The molecule has 4 heteroatoms. The number of amides is 1. The van der Waals surface area contributed by atoms with Crippen LogP contribution in [0.3, 0.4) is 0 Å². The fraction of sp³-hybridized carbons (Fsp3) is 0.800. The van der Waals surface area contributed by atoms with Crippen molar-refractivity contribution in [3.8, 4) is 0 Å². The van der Waals surface area contributed by atoms with Crippen LogP contribution in [0.25, 0.3) is 0 Å². The molecule has 1 fully saturated rings. The Kier molecular flexibility index (Phi) is 2.02. The lowest BCUT2D eigenvalue weighted by Gasteiger charge is -2.17. The van der Waals surface area contributed by atoms with Crippen molar-refractivity contribution in [2.75, 3.05) is 13.2 Å². The average molecular weight is 131 g/mol. The topological polar surface area (TPSA) is 61.6 Å². The van der Waals surface area contributed by atoms with E-state index in [0.717, 1.165) is 0 Å². The Morgan fingerprint density at radius 1 is 1.56 bits per heavy atom. The summed E-state index contributed by atoms with van der Waals surface area (Å²) in [5, 5.41) is 0. The van der Waals surface area contributed by atoms with Gasteiger partial charge in [0, 0.05) is 0 Å². The molecule has 0 aromatic heterocycles. The molecule has 1 amide bonds. The SMILES string of the molecule is NC(=O)C1CCOOC1. The molecule has 1 saturated heterocycles. The van der Waals surface area contributed by atoms with Gasteiger partial charge < -0.3 is 5.73 Å². The van der Waals surface area contributed by atoms with Gasteiger partial charge in [0.25, 0.3) is 0 Å². The van der Waals surface area contributed by atoms with Crippen LogP contribution in [0.4, 0.5) is 0 Å². The number of carbonyl (C=O) groups is 1. The van der Waals surface area contributed by atoms with E-state index >= 15 is 0 Å². The van der Waals surface area contributed by atoms with Crippen LogP contribution in [0, 0.1) is 5.92 Å². The zero-order chi connectivity index (χ0) is 6.69. The Labute approximate surface area is 52.9 Å². The van der Waals surface area contributed by atoms with Crippen LogP contribution in [0.5, 0.6) is 0 Å². The Balaban J connectivity index is 2.31. The van der Waals surface area contributed by atoms with Crippen molar-refractivity contribution in [3.63, 3.8) is 0 Å². The molecule has 1 aliphatic heterocycles. The lowest BCUT2D eigenvalue weighted by molar-refractivity contribution is -0.321. The summed E-state index contributed by atoms with van der Waals surface area (Å²) in [6, 6.07) is 0. The van der Waals surface area contributed by atoms with E-state index in [-0.39, 0.29) is 11.8 Å². The molecule has 0 bridgehead atoms. The first kappa shape index (κ1) is 6.51. The summed E-state index contributed by atoms with van der Waals surface area (Å²) in [5.74, 6) is -0.461. The van der Waals surface area contributed by atoms with Crippen LogP contribution in [0.2, 0.25) is 0 Å². The van der Waals surface area contributed by atoms with E-state index in [2.05, 4.69) is 9.78 Å². The number of rotatable bonds is 1. The van der Waals surface area contributed by atoms with Crippen molar-refractivity contribution in [2.24, 2.45) is 11.7 Å². The van der Waals surface area contributed by atoms with Gasteiger partial charge in [-0.3, -0.25) is 4.79 Å². The molecule has 0 radical (unpaired) electrons. The minimum absolute atomic E-state index is 0.154. The van der Waals surface area contributed by atoms with Gasteiger partial charge in [-0.05, 0) is 6.42 Å². The maximum Gasteiger partial charge on any atom is 0.223 e. The first-order valence-electron chi connectivity index (χ1n) is 2.84. The Hall–Kier alpha value is -0.610. The number of nitrogens with two attached hydrogens (primary N) is 1. The van der Waals surface area contributed by atoms with Crippen LogP contribution < -0.4 is 5.73 Å². The Morgan fingerprint density at radius 2 is 2.33 bits per heavy atom. The van der Waals surface area contributed by atoms with Gasteiger partial charge in [-0.15, -0.1) is 0 Å². The lowest BCUT2D eigenvalue weighted by atomic mass is 10.1. The monoisotopic (exact) mass is 131 g/mol. The predicted molar refractivity (Wildman–Crippen MR) is 29.2 cm³/mol. The van der Waals surface area contributed by atoms with Crippen molar-refractivity contribution in [2.45, 2.75) is 6.42 Å². The predicted octanol–water partition coefficient (Wildman–Crippen LogP) is -0.560. The molecule has 2 N–H and O–H groups in total. The van der Waals surface area contributed by atoms with Gasteiger partial charge in [0.05, 0.1) is 19.1 Å². The first-order chi connectivity index (χ1) is 4.30. The lowest BCUT2D eigenvalue weighted by Crippen LogP contribution is -2.31. The van der Waals surface area contributed by atoms with E-state index < -0.39 is 0 Å². The van der Waals surface area contributed by atoms with Gasteiger partial charge in [0.15, 0.2) is 0 Å².